The second kappa shape index (κ2) is 8.66. The molecular formula is C25H21NO4. The third-order valence-corrected chi connectivity index (χ3v) is 4.83. The lowest BCUT2D eigenvalue weighted by atomic mass is 10.0. The quantitative estimate of drug-likeness (QED) is 0.482. The number of para-hydroxylation sites is 2. The van der Waals surface area contributed by atoms with Crippen LogP contribution in [0.2, 0.25) is 0 Å². The highest BCUT2D eigenvalue weighted by atomic mass is 16.5. The Bertz CT molecular complexity index is 1230. The molecule has 4 rings (SSSR count). The minimum absolute atomic E-state index is 0.142. The van der Waals surface area contributed by atoms with Crippen LogP contribution in [0.15, 0.2) is 88.1 Å². The molecule has 0 aliphatic carbocycles. The van der Waals surface area contributed by atoms with Gasteiger partial charge in [0, 0.05) is 11.1 Å². The Morgan fingerprint density at radius 2 is 1.63 bits per heavy atom. The van der Waals surface area contributed by atoms with Gasteiger partial charge in [-0.25, -0.2) is 0 Å². The van der Waals surface area contributed by atoms with Gasteiger partial charge in [-0.15, -0.1) is 0 Å². The van der Waals surface area contributed by atoms with Gasteiger partial charge >= 0.3 is 0 Å². The smallest absolute Gasteiger partial charge is 0.255 e. The summed E-state index contributed by atoms with van der Waals surface area (Å²) >= 11 is 0. The van der Waals surface area contributed by atoms with Crippen LogP contribution in [0.4, 0.5) is 0 Å². The number of fused-ring (bicyclic) bond motifs is 1. The fourth-order valence-corrected chi connectivity index (χ4v) is 3.30. The van der Waals surface area contributed by atoms with E-state index >= 15 is 0 Å². The molecule has 5 heteroatoms. The third-order valence-electron chi connectivity index (χ3n) is 4.83. The first-order chi connectivity index (χ1) is 14.6. The highest BCUT2D eigenvalue weighted by Gasteiger charge is 2.18. The van der Waals surface area contributed by atoms with Crippen molar-refractivity contribution in [2.45, 2.75) is 6.92 Å². The van der Waals surface area contributed by atoms with Crippen molar-refractivity contribution in [1.82, 2.24) is 5.32 Å². The van der Waals surface area contributed by atoms with E-state index in [-0.39, 0.29) is 16.9 Å². The van der Waals surface area contributed by atoms with E-state index < -0.39 is 0 Å². The van der Waals surface area contributed by atoms with Gasteiger partial charge in [-0.2, -0.15) is 0 Å². The summed E-state index contributed by atoms with van der Waals surface area (Å²) in [6, 6.07) is 23.8. The topological polar surface area (TPSA) is 68.5 Å². The molecule has 1 heterocycles. The fourth-order valence-electron chi connectivity index (χ4n) is 3.30. The van der Waals surface area contributed by atoms with Crippen LogP contribution >= 0.6 is 0 Å². The number of amides is 1. The van der Waals surface area contributed by atoms with E-state index in [1.807, 2.05) is 60.7 Å². The monoisotopic (exact) mass is 399 g/mol. The lowest BCUT2D eigenvalue weighted by Crippen LogP contribution is -2.28. The SMILES string of the molecule is Cc1c(-c2ccccc2)oc2c(C(=O)NCCOc3ccccc3)cccc2c1=O. The van der Waals surface area contributed by atoms with Gasteiger partial charge in [0.2, 0.25) is 0 Å². The molecule has 0 unspecified atom stereocenters. The molecule has 150 valence electrons. The van der Waals surface area contributed by atoms with Gasteiger partial charge in [-0.1, -0.05) is 54.6 Å². The number of nitrogens with one attached hydrogen (secondary N) is 1. The number of carbonyl (C=O) groups is 1. The Labute approximate surface area is 173 Å². The van der Waals surface area contributed by atoms with Gasteiger partial charge in [-0.3, -0.25) is 9.59 Å². The first kappa shape index (κ1) is 19.5. The summed E-state index contributed by atoms with van der Waals surface area (Å²) in [4.78, 5) is 25.7. The van der Waals surface area contributed by atoms with Gasteiger partial charge in [-0.05, 0) is 31.2 Å². The van der Waals surface area contributed by atoms with Gasteiger partial charge in [0.15, 0.2) is 11.0 Å². The first-order valence-electron chi connectivity index (χ1n) is 9.73. The molecule has 0 bridgehead atoms. The summed E-state index contributed by atoms with van der Waals surface area (Å²) in [5, 5.41) is 3.22. The van der Waals surface area contributed by atoms with E-state index in [1.54, 1.807) is 25.1 Å². The van der Waals surface area contributed by atoms with E-state index in [0.717, 1.165) is 11.3 Å². The molecule has 0 saturated carbocycles. The number of hydrogen-bond donors (Lipinski definition) is 1. The van der Waals surface area contributed by atoms with Crippen molar-refractivity contribution in [3.05, 3.63) is 100 Å². The molecule has 0 atom stereocenters. The van der Waals surface area contributed by atoms with Crippen LogP contribution in [-0.4, -0.2) is 19.1 Å². The molecule has 1 aromatic heterocycles. The second-order valence-electron chi connectivity index (χ2n) is 6.85. The molecule has 30 heavy (non-hydrogen) atoms. The average molecular weight is 399 g/mol. The third kappa shape index (κ3) is 3.96. The maximum absolute atomic E-state index is 12.9. The Morgan fingerprint density at radius 3 is 2.37 bits per heavy atom. The predicted octanol–water partition coefficient (Wildman–Crippen LogP) is 4.58. The van der Waals surface area contributed by atoms with Crippen LogP contribution < -0.4 is 15.5 Å². The second-order valence-corrected chi connectivity index (χ2v) is 6.85. The maximum atomic E-state index is 12.9. The van der Waals surface area contributed by atoms with Gasteiger partial charge < -0.3 is 14.5 Å². The summed E-state index contributed by atoms with van der Waals surface area (Å²) in [7, 11) is 0. The highest BCUT2D eigenvalue weighted by molar-refractivity contribution is 6.05. The van der Waals surface area contributed by atoms with Crippen molar-refractivity contribution in [2.75, 3.05) is 13.2 Å². The largest absolute Gasteiger partial charge is 0.492 e. The summed E-state index contributed by atoms with van der Waals surface area (Å²) in [5.41, 5.74) is 1.77. The summed E-state index contributed by atoms with van der Waals surface area (Å²) in [6.45, 7) is 2.39. The minimum atomic E-state index is -0.316. The zero-order valence-electron chi connectivity index (χ0n) is 16.6. The van der Waals surface area contributed by atoms with Gasteiger partial charge in [0.1, 0.15) is 18.1 Å². The average Bonchev–Trinajstić information content (AvgIpc) is 2.80. The van der Waals surface area contributed by atoms with E-state index in [9.17, 15) is 9.59 Å². The summed E-state index contributed by atoms with van der Waals surface area (Å²) < 4.78 is 11.7. The van der Waals surface area contributed by atoms with Crippen LogP contribution in [0.5, 0.6) is 5.75 Å². The Hall–Kier alpha value is -3.86. The van der Waals surface area contributed by atoms with Crippen LogP contribution in [0.3, 0.4) is 0 Å². The molecule has 1 N–H and O–H groups in total. The highest BCUT2D eigenvalue weighted by Crippen LogP contribution is 2.27. The van der Waals surface area contributed by atoms with Crippen LogP contribution in [0, 0.1) is 6.92 Å². The zero-order chi connectivity index (χ0) is 20.9. The molecule has 5 nitrogen and oxygen atoms in total. The van der Waals surface area contributed by atoms with Crippen molar-refractivity contribution < 1.29 is 13.9 Å². The maximum Gasteiger partial charge on any atom is 0.255 e. The molecule has 1 amide bonds. The molecule has 0 aliphatic rings. The summed E-state index contributed by atoms with van der Waals surface area (Å²) in [6.07, 6.45) is 0. The number of benzene rings is 3. The molecule has 0 aliphatic heterocycles. The molecule has 4 aromatic rings. The Balaban J connectivity index is 1.60. The van der Waals surface area contributed by atoms with Crippen LogP contribution in [0.25, 0.3) is 22.3 Å². The van der Waals surface area contributed by atoms with Crippen LogP contribution in [0.1, 0.15) is 15.9 Å². The van der Waals surface area contributed by atoms with Crippen molar-refractivity contribution in [3.8, 4) is 17.1 Å². The number of rotatable bonds is 6. The van der Waals surface area contributed by atoms with Gasteiger partial charge in [0.05, 0.1) is 17.5 Å². The van der Waals surface area contributed by atoms with Gasteiger partial charge in [0.25, 0.3) is 5.91 Å². The van der Waals surface area contributed by atoms with Crippen LogP contribution in [-0.2, 0) is 0 Å². The first-order valence-corrected chi connectivity index (χ1v) is 9.73. The fraction of sp³-hybridized carbons (Fsp3) is 0.120. The van der Waals surface area contributed by atoms with E-state index in [2.05, 4.69) is 5.32 Å². The van der Waals surface area contributed by atoms with E-state index in [1.165, 1.54) is 0 Å². The van der Waals surface area contributed by atoms with Crippen molar-refractivity contribution in [1.29, 1.82) is 0 Å². The number of hydrogen-bond acceptors (Lipinski definition) is 4. The lowest BCUT2D eigenvalue weighted by molar-refractivity contribution is 0.0947. The number of ether oxygens (including phenoxy) is 1. The molecule has 0 radical (unpaired) electrons. The molecule has 0 fully saturated rings. The Kier molecular flexibility index (Phi) is 5.61. The van der Waals surface area contributed by atoms with Crippen molar-refractivity contribution >= 4 is 16.9 Å². The van der Waals surface area contributed by atoms with E-state index in [0.29, 0.717) is 35.4 Å². The summed E-state index contributed by atoms with van der Waals surface area (Å²) in [5.74, 6) is 0.898. The van der Waals surface area contributed by atoms with E-state index in [4.69, 9.17) is 9.15 Å². The molecule has 3 aromatic carbocycles. The minimum Gasteiger partial charge on any atom is -0.492 e. The lowest BCUT2D eigenvalue weighted by Gasteiger charge is -2.11. The molecule has 0 spiro atoms. The standard InChI is InChI=1S/C25H21NO4/c1-17-22(27)20-13-8-14-21(24(20)30-23(17)18-9-4-2-5-10-18)25(28)26-15-16-29-19-11-6-3-7-12-19/h2-14H,15-16H2,1H3,(H,26,28). The molecule has 0 saturated heterocycles. The van der Waals surface area contributed by atoms with Crippen molar-refractivity contribution in [3.63, 3.8) is 0 Å². The zero-order valence-corrected chi connectivity index (χ0v) is 16.6. The van der Waals surface area contributed by atoms with Crippen molar-refractivity contribution in [2.24, 2.45) is 0 Å². The Morgan fingerprint density at radius 1 is 0.933 bits per heavy atom. The molecular weight excluding hydrogens is 378 g/mol. The number of carbonyl (C=O) groups excluding carboxylic acids is 1. The normalized spacial score (nSPS) is 10.7. The predicted molar refractivity (Wildman–Crippen MR) is 117 cm³/mol.